The lowest BCUT2D eigenvalue weighted by molar-refractivity contribution is -0.152. The van der Waals surface area contributed by atoms with E-state index < -0.39 is 0 Å². The van der Waals surface area contributed by atoms with Gasteiger partial charge in [-0.2, -0.15) is 0 Å². The largest absolute Gasteiger partial charge is 0.335 e. The lowest BCUT2D eigenvalue weighted by Gasteiger charge is -2.31. The Bertz CT molecular complexity index is 271. The molecule has 0 aromatic heterocycles. The first-order chi connectivity index (χ1) is 8.11. The van der Waals surface area contributed by atoms with Crippen LogP contribution < -0.4 is 5.32 Å². The van der Waals surface area contributed by atoms with E-state index in [9.17, 15) is 9.59 Å². The van der Waals surface area contributed by atoms with Crippen LogP contribution in [0.4, 0.5) is 0 Å². The van der Waals surface area contributed by atoms with Crippen LogP contribution >= 0.6 is 0 Å². The number of likely N-dealkylation sites (N-methyl/N-ethyl adjacent to an activating group) is 1. The van der Waals surface area contributed by atoms with Crippen LogP contribution in [0.5, 0.6) is 0 Å². The number of nitrogens with zero attached hydrogens (tertiary/aromatic N) is 2. The third kappa shape index (κ3) is 3.43. The molecule has 5 nitrogen and oxygen atoms in total. The molecular formula is C12H23N3O2. The van der Waals surface area contributed by atoms with Crippen molar-refractivity contribution in [2.24, 2.45) is 0 Å². The van der Waals surface area contributed by atoms with Gasteiger partial charge in [-0.25, -0.2) is 0 Å². The minimum atomic E-state index is -0.374. The van der Waals surface area contributed by atoms with E-state index in [0.717, 1.165) is 25.9 Å². The zero-order chi connectivity index (χ0) is 12.8. The van der Waals surface area contributed by atoms with Crippen LogP contribution in [0, 0.1) is 0 Å². The van der Waals surface area contributed by atoms with Gasteiger partial charge < -0.3 is 15.1 Å². The SMILES string of the molecule is CCC(CC)N(C)C(=O)C(=O)N1CCNCC1. The minimum Gasteiger partial charge on any atom is -0.335 e. The summed E-state index contributed by atoms with van der Waals surface area (Å²) < 4.78 is 0. The molecule has 0 bridgehead atoms. The first-order valence-corrected chi connectivity index (χ1v) is 6.38. The third-order valence-corrected chi connectivity index (χ3v) is 3.40. The molecule has 0 aromatic carbocycles. The van der Waals surface area contributed by atoms with Gasteiger partial charge in [0, 0.05) is 39.3 Å². The number of amides is 2. The fourth-order valence-corrected chi connectivity index (χ4v) is 2.16. The second-order valence-corrected chi connectivity index (χ2v) is 4.43. The van der Waals surface area contributed by atoms with Crippen molar-refractivity contribution in [2.75, 3.05) is 33.2 Å². The standard InChI is InChI=1S/C12H23N3O2/c1-4-10(5-2)14(3)11(16)12(17)15-8-6-13-7-9-15/h10,13H,4-9H2,1-3H3. The van der Waals surface area contributed by atoms with Crippen molar-refractivity contribution < 1.29 is 9.59 Å². The molecule has 5 heteroatoms. The number of hydrogen-bond donors (Lipinski definition) is 1. The van der Waals surface area contributed by atoms with Gasteiger partial charge in [0.15, 0.2) is 0 Å². The molecule has 0 aliphatic carbocycles. The zero-order valence-electron chi connectivity index (χ0n) is 11.0. The molecule has 0 atom stereocenters. The molecule has 1 saturated heterocycles. The van der Waals surface area contributed by atoms with E-state index in [4.69, 9.17) is 0 Å². The van der Waals surface area contributed by atoms with Crippen LogP contribution in [-0.2, 0) is 9.59 Å². The van der Waals surface area contributed by atoms with Gasteiger partial charge in [0.2, 0.25) is 0 Å². The van der Waals surface area contributed by atoms with Gasteiger partial charge in [-0.05, 0) is 12.8 Å². The summed E-state index contributed by atoms with van der Waals surface area (Å²) in [5.41, 5.74) is 0. The highest BCUT2D eigenvalue weighted by atomic mass is 16.2. The first kappa shape index (κ1) is 14.0. The molecule has 1 aliphatic heterocycles. The summed E-state index contributed by atoms with van der Waals surface area (Å²) in [5.74, 6) is -0.735. The molecular weight excluding hydrogens is 218 g/mol. The van der Waals surface area contributed by atoms with E-state index in [1.54, 1.807) is 16.8 Å². The second-order valence-electron chi connectivity index (χ2n) is 4.43. The number of rotatable bonds is 3. The fourth-order valence-electron chi connectivity index (χ4n) is 2.16. The van der Waals surface area contributed by atoms with Gasteiger partial charge in [0.25, 0.3) is 0 Å². The summed E-state index contributed by atoms with van der Waals surface area (Å²) in [7, 11) is 1.72. The average Bonchev–Trinajstić information content (AvgIpc) is 2.39. The van der Waals surface area contributed by atoms with Crippen molar-refractivity contribution in [1.29, 1.82) is 0 Å². The summed E-state index contributed by atoms with van der Waals surface area (Å²) in [5, 5.41) is 3.16. The highest BCUT2D eigenvalue weighted by Crippen LogP contribution is 2.08. The van der Waals surface area contributed by atoms with E-state index in [-0.39, 0.29) is 17.9 Å². The first-order valence-electron chi connectivity index (χ1n) is 6.38. The summed E-state index contributed by atoms with van der Waals surface area (Å²) in [4.78, 5) is 27.2. The second kappa shape index (κ2) is 6.59. The number of nitrogens with one attached hydrogen (secondary N) is 1. The van der Waals surface area contributed by atoms with E-state index >= 15 is 0 Å². The van der Waals surface area contributed by atoms with Crippen LogP contribution in [0.1, 0.15) is 26.7 Å². The Morgan fingerprint density at radius 1 is 1.24 bits per heavy atom. The fraction of sp³-hybridized carbons (Fsp3) is 0.833. The Balaban J connectivity index is 2.58. The maximum Gasteiger partial charge on any atom is 0.312 e. The Morgan fingerprint density at radius 3 is 2.24 bits per heavy atom. The Labute approximate surface area is 103 Å². The van der Waals surface area contributed by atoms with Gasteiger partial charge >= 0.3 is 11.8 Å². The number of carbonyl (C=O) groups excluding carboxylic acids is 2. The number of piperazine rings is 1. The molecule has 1 fully saturated rings. The van der Waals surface area contributed by atoms with E-state index in [1.165, 1.54) is 0 Å². The molecule has 1 aliphatic rings. The van der Waals surface area contributed by atoms with Crippen molar-refractivity contribution in [2.45, 2.75) is 32.7 Å². The topological polar surface area (TPSA) is 52.7 Å². The lowest BCUT2D eigenvalue weighted by Crippen LogP contribution is -2.52. The van der Waals surface area contributed by atoms with E-state index in [2.05, 4.69) is 5.32 Å². The summed E-state index contributed by atoms with van der Waals surface area (Å²) in [6.45, 7) is 6.87. The van der Waals surface area contributed by atoms with Gasteiger partial charge in [-0.3, -0.25) is 9.59 Å². The molecule has 2 amide bonds. The van der Waals surface area contributed by atoms with E-state index in [1.807, 2.05) is 13.8 Å². The highest BCUT2D eigenvalue weighted by molar-refractivity contribution is 6.34. The number of carbonyl (C=O) groups is 2. The van der Waals surface area contributed by atoms with Gasteiger partial charge in [0.05, 0.1) is 0 Å². The van der Waals surface area contributed by atoms with Crippen molar-refractivity contribution in [1.82, 2.24) is 15.1 Å². The minimum absolute atomic E-state index is 0.161. The zero-order valence-corrected chi connectivity index (χ0v) is 11.0. The van der Waals surface area contributed by atoms with Gasteiger partial charge in [-0.15, -0.1) is 0 Å². The van der Waals surface area contributed by atoms with Crippen molar-refractivity contribution in [3.63, 3.8) is 0 Å². The average molecular weight is 241 g/mol. The Morgan fingerprint density at radius 2 is 1.76 bits per heavy atom. The lowest BCUT2D eigenvalue weighted by atomic mass is 10.1. The van der Waals surface area contributed by atoms with E-state index in [0.29, 0.717) is 13.1 Å². The quantitative estimate of drug-likeness (QED) is 0.711. The molecule has 0 spiro atoms. The molecule has 0 radical (unpaired) electrons. The van der Waals surface area contributed by atoms with Crippen molar-refractivity contribution in [3.05, 3.63) is 0 Å². The maximum atomic E-state index is 12.0. The summed E-state index contributed by atoms with van der Waals surface area (Å²) >= 11 is 0. The molecule has 0 saturated carbocycles. The Hall–Kier alpha value is -1.10. The summed E-state index contributed by atoms with van der Waals surface area (Å²) in [6, 6.07) is 0.161. The van der Waals surface area contributed by atoms with Crippen molar-refractivity contribution >= 4 is 11.8 Å². The molecule has 98 valence electrons. The molecule has 17 heavy (non-hydrogen) atoms. The molecule has 1 heterocycles. The molecule has 1 N–H and O–H groups in total. The smallest absolute Gasteiger partial charge is 0.312 e. The normalized spacial score (nSPS) is 16.1. The van der Waals surface area contributed by atoms with Crippen LogP contribution in [0.25, 0.3) is 0 Å². The molecule has 0 unspecified atom stereocenters. The molecule has 1 rings (SSSR count). The van der Waals surface area contributed by atoms with Gasteiger partial charge in [-0.1, -0.05) is 13.8 Å². The van der Waals surface area contributed by atoms with Crippen LogP contribution in [0.15, 0.2) is 0 Å². The summed E-state index contributed by atoms with van der Waals surface area (Å²) in [6.07, 6.45) is 1.77. The number of hydrogen-bond acceptors (Lipinski definition) is 3. The third-order valence-electron chi connectivity index (χ3n) is 3.40. The molecule has 0 aromatic rings. The van der Waals surface area contributed by atoms with Crippen molar-refractivity contribution in [3.8, 4) is 0 Å². The predicted octanol–water partition coefficient (Wildman–Crippen LogP) is 0.0652. The van der Waals surface area contributed by atoms with Crippen LogP contribution in [0.2, 0.25) is 0 Å². The highest BCUT2D eigenvalue weighted by Gasteiger charge is 2.28. The van der Waals surface area contributed by atoms with Gasteiger partial charge in [0.1, 0.15) is 0 Å². The Kier molecular flexibility index (Phi) is 5.41. The van der Waals surface area contributed by atoms with Crippen LogP contribution in [-0.4, -0.2) is 60.9 Å². The monoisotopic (exact) mass is 241 g/mol. The van der Waals surface area contributed by atoms with Crippen LogP contribution in [0.3, 0.4) is 0 Å². The maximum absolute atomic E-state index is 12.0. The predicted molar refractivity (Wildman–Crippen MR) is 66.6 cm³/mol.